The molecule has 0 aliphatic heterocycles. The van der Waals surface area contributed by atoms with Crippen molar-refractivity contribution in [2.24, 2.45) is 0 Å². The number of hydrogen-bond acceptors (Lipinski definition) is 1. The number of hydrogen-bond donors (Lipinski definition) is 0. The minimum Gasteiger partial charge on any atom is -0.344 e. The van der Waals surface area contributed by atoms with Crippen LogP contribution in [0.5, 0.6) is 0 Å². The quantitative estimate of drug-likeness (QED) is 0.602. The normalized spacial score (nSPS) is 10.8. The highest BCUT2D eigenvalue weighted by molar-refractivity contribution is 5.95. The SMILES string of the molecule is CCCc1ccc(N(C)c2cccc3ccccc23)cc1. The van der Waals surface area contributed by atoms with E-state index >= 15 is 0 Å². The molecule has 3 rings (SSSR count). The molecule has 21 heavy (non-hydrogen) atoms. The van der Waals surface area contributed by atoms with Crippen LogP contribution in [0.1, 0.15) is 18.9 Å². The number of benzene rings is 3. The van der Waals surface area contributed by atoms with Crippen LogP contribution in [0.15, 0.2) is 66.7 Å². The smallest absolute Gasteiger partial charge is 0.0487 e. The van der Waals surface area contributed by atoms with Gasteiger partial charge in [-0.1, -0.05) is 61.9 Å². The van der Waals surface area contributed by atoms with Gasteiger partial charge in [0.15, 0.2) is 0 Å². The minimum absolute atomic E-state index is 1.15. The van der Waals surface area contributed by atoms with Crippen LogP contribution in [0.2, 0.25) is 0 Å². The third-order valence-electron chi connectivity index (χ3n) is 3.99. The molecule has 0 amide bonds. The van der Waals surface area contributed by atoms with E-state index in [-0.39, 0.29) is 0 Å². The molecule has 0 saturated carbocycles. The molecule has 106 valence electrons. The fourth-order valence-corrected chi connectivity index (χ4v) is 2.81. The lowest BCUT2D eigenvalue weighted by Crippen LogP contribution is -2.09. The predicted molar refractivity (Wildman–Crippen MR) is 92.4 cm³/mol. The summed E-state index contributed by atoms with van der Waals surface area (Å²) in [7, 11) is 2.14. The van der Waals surface area contributed by atoms with E-state index in [0.717, 1.165) is 6.42 Å². The highest BCUT2D eigenvalue weighted by atomic mass is 15.1. The van der Waals surface area contributed by atoms with Crippen LogP contribution in [0, 0.1) is 0 Å². The van der Waals surface area contributed by atoms with Gasteiger partial charge in [0.25, 0.3) is 0 Å². The van der Waals surface area contributed by atoms with Gasteiger partial charge in [-0.15, -0.1) is 0 Å². The average molecular weight is 275 g/mol. The zero-order valence-electron chi connectivity index (χ0n) is 12.7. The van der Waals surface area contributed by atoms with Crippen molar-refractivity contribution in [3.63, 3.8) is 0 Å². The molecule has 0 spiro atoms. The maximum Gasteiger partial charge on any atom is 0.0487 e. The molecule has 0 fully saturated rings. The topological polar surface area (TPSA) is 3.24 Å². The Balaban J connectivity index is 1.98. The van der Waals surface area contributed by atoms with Crippen molar-refractivity contribution >= 4 is 22.1 Å². The van der Waals surface area contributed by atoms with Gasteiger partial charge in [0.1, 0.15) is 0 Å². The molecular formula is C20H21N. The summed E-state index contributed by atoms with van der Waals surface area (Å²) in [6.45, 7) is 2.22. The number of aryl methyl sites for hydroxylation is 1. The van der Waals surface area contributed by atoms with Gasteiger partial charge < -0.3 is 4.90 Å². The van der Waals surface area contributed by atoms with Crippen molar-refractivity contribution in [1.82, 2.24) is 0 Å². The second-order valence-corrected chi connectivity index (χ2v) is 5.47. The maximum absolute atomic E-state index is 2.26. The van der Waals surface area contributed by atoms with Crippen molar-refractivity contribution in [2.45, 2.75) is 19.8 Å². The summed E-state index contributed by atoms with van der Waals surface area (Å²) >= 11 is 0. The summed E-state index contributed by atoms with van der Waals surface area (Å²) in [4.78, 5) is 2.26. The van der Waals surface area contributed by atoms with Gasteiger partial charge in [-0.2, -0.15) is 0 Å². The molecule has 0 aromatic heterocycles. The first-order valence-electron chi connectivity index (χ1n) is 7.60. The summed E-state index contributed by atoms with van der Waals surface area (Å²) in [5.41, 5.74) is 3.88. The molecule has 0 aliphatic rings. The molecule has 0 radical (unpaired) electrons. The minimum atomic E-state index is 1.15. The Kier molecular flexibility index (Phi) is 3.92. The Morgan fingerprint density at radius 1 is 0.810 bits per heavy atom. The molecule has 0 N–H and O–H groups in total. The van der Waals surface area contributed by atoms with E-state index in [1.165, 1.54) is 34.1 Å². The fraction of sp³-hybridized carbons (Fsp3) is 0.200. The standard InChI is InChI=1S/C20H21N/c1-3-7-16-12-14-18(15-13-16)21(2)20-11-6-9-17-8-4-5-10-19(17)20/h4-6,8-15H,3,7H2,1-2H3. The highest BCUT2D eigenvalue weighted by Gasteiger charge is 2.07. The number of fused-ring (bicyclic) bond motifs is 1. The van der Waals surface area contributed by atoms with Gasteiger partial charge in [-0.05, 0) is 35.6 Å². The van der Waals surface area contributed by atoms with Crippen LogP contribution in [0.4, 0.5) is 11.4 Å². The third-order valence-corrected chi connectivity index (χ3v) is 3.99. The first kappa shape index (κ1) is 13.7. The summed E-state index contributed by atoms with van der Waals surface area (Å²) < 4.78 is 0. The average Bonchev–Trinajstić information content (AvgIpc) is 2.55. The van der Waals surface area contributed by atoms with E-state index in [1.807, 2.05) is 0 Å². The van der Waals surface area contributed by atoms with Crippen molar-refractivity contribution in [3.8, 4) is 0 Å². The van der Waals surface area contributed by atoms with E-state index in [2.05, 4.69) is 85.6 Å². The van der Waals surface area contributed by atoms with E-state index in [9.17, 15) is 0 Å². The van der Waals surface area contributed by atoms with E-state index in [4.69, 9.17) is 0 Å². The van der Waals surface area contributed by atoms with Crippen LogP contribution >= 0.6 is 0 Å². The Morgan fingerprint density at radius 2 is 1.52 bits per heavy atom. The van der Waals surface area contributed by atoms with Gasteiger partial charge in [-0.25, -0.2) is 0 Å². The third kappa shape index (κ3) is 2.78. The van der Waals surface area contributed by atoms with Crippen LogP contribution in [0.25, 0.3) is 10.8 Å². The van der Waals surface area contributed by atoms with Crippen molar-refractivity contribution in [2.75, 3.05) is 11.9 Å². The largest absolute Gasteiger partial charge is 0.344 e. The molecule has 0 unspecified atom stereocenters. The Hall–Kier alpha value is -2.28. The van der Waals surface area contributed by atoms with Crippen LogP contribution in [-0.2, 0) is 6.42 Å². The zero-order chi connectivity index (χ0) is 14.7. The summed E-state index contributed by atoms with van der Waals surface area (Å²) in [6.07, 6.45) is 2.34. The molecule has 0 heterocycles. The molecular weight excluding hydrogens is 254 g/mol. The Bertz CT molecular complexity index is 723. The first-order valence-corrected chi connectivity index (χ1v) is 7.60. The lowest BCUT2D eigenvalue weighted by atomic mass is 10.1. The van der Waals surface area contributed by atoms with Crippen LogP contribution < -0.4 is 4.90 Å². The maximum atomic E-state index is 2.26. The van der Waals surface area contributed by atoms with Crippen LogP contribution in [-0.4, -0.2) is 7.05 Å². The molecule has 0 bridgehead atoms. The molecule has 0 saturated heterocycles. The number of nitrogens with zero attached hydrogens (tertiary/aromatic N) is 1. The Morgan fingerprint density at radius 3 is 2.29 bits per heavy atom. The van der Waals surface area contributed by atoms with E-state index in [1.54, 1.807) is 0 Å². The van der Waals surface area contributed by atoms with Crippen LogP contribution in [0.3, 0.4) is 0 Å². The zero-order valence-corrected chi connectivity index (χ0v) is 12.7. The van der Waals surface area contributed by atoms with Gasteiger partial charge in [0.2, 0.25) is 0 Å². The van der Waals surface area contributed by atoms with Crippen molar-refractivity contribution in [1.29, 1.82) is 0 Å². The van der Waals surface area contributed by atoms with Gasteiger partial charge in [0.05, 0.1) is 0 Å². The molecule has 0 aliphatic carbocycles. The summed E-state index contributed by atoms with van der Waals surface area (Å²) in [6, 6.07) is 23.9. The van der Waals surface area contributed by atoms with Gasteiger partial charge >= 0.3 is 0 Å². The molecule has 1 nitrogen and oxygen atoms in total. The number of anilines is 2. The van der Waals surface area contributed by atoms with Gasteiger partial charge in [0, 0.05) is 23.8 Å². The molecule has 1 heteroatoms. The fourth-order valence-electron chi connectivity index (χ4n) is 2.81. The second kappa shape index (κ2) is 6.01. The molecule has 0 atom stereocenters. The molecule has 3 aromatic rings. The monoisotopic (exact) mass is 275 g/mol. The first-order chi connectivity index (χ1) is 10.3. The van der Waals surface area contributed by atoms with Crippen molar-refractivity contribution < 1.29 is 0 Å². The number of rotatable bonds is 4. The van der Waals surface area contributed by atoms with Gasteiger partial charge in [-0.3, -0.25) is 0 Å². The summed E-state index contributed by atoms with van der Waals surface area (Å²) in [5, 5.41) is 2.57. The van der Waals surface area contributed by atoms with E-state index in [0.29, 0.717) is 0 Å². The van der Waals surface area contributed by atoms with Crippen molar-refractivity contribution in [3.05, 3.63) is 72.3 Å². The van der Waals surface area contributed by atoms with E-state index < -0.39 is 0 Å². The lowest BCUT2D eigenvalue weighted by Gasteiger charge is -2.21. The molecule has 3 aromatic carbocycles. The lowest BCUT2D eigenvalue weighted by molar-refractivity contribution is 0.921. The predicted octanol–water partition coefficient (Wildman–Crippen LogP) is 5.56. The Labute approximate surface area is 126 Å². The second-order valence-electron chi connectivity index (χ2n) is 5.47. The highest BCUT2D eigenvalue weighted by Crippen LogP contribution is 2.31. The summed E-state index contributed by atoms with van der Waals surface area (Å²) in [5.74, 6) is 0.